The Morgan fingerprint density at radius 2 is 2.00 bits per heavy atom. The van der Waals surface area contributed by atoms with Gasteiger partial charge in [-0.05, 0) is 18.9 Å². The summed E-state index contributed by atoms with van der Waals surface area (Å²) in [6.07, 6.45) is 1.37. The van der Waals surface area contributed by atoms with E-state index in [9.17, 15) is 0 Å². The Balaban J connectivity index is 1.35. The smallest absolute Gasteiger partial charge is 0.147 e. The predicted molar refractivity (Wildman–Crippen MR) is 96.1 cm³/mol. The van der Waals surface area contributed by atoms with Crippen molar-refractivity contribution in [3.63, 3.8) is 0 Å². The standard InChI is InChI=1S/C19H27N5O/c1-16-20-19-15-23(9-10-24(19)21-16)14-18-13-22(8-5-11-25-18)12-17-6-3-2-4-7-17/h2-4,6-7,18H,5,8-15H2,1H3. The number of rotatable bonds is 4. The maximum Gasteiger partial charge on any atom is 0.147 e. The summed E-state index contributed by atoms with van der Waals surface area (Å²) < 4.78 is 8.18. The lowest BCUT2D eigenvalue weighted by atomic mass is 10.2. The van der Waals surface area contributed by atoms with E-state index in [1.165, 1.54) is 5.56 Å². The van der Waals surface area contributed by atoms with E-state index in [0.29, 0.717) is 0 Å². The van der Waals surface area contributed by atoms with E-state index >= 15 is 0 Å². The molecule has 6 heteroatoms. The molecule has 0 bridgehead atoms. The molecule has 0 radical (unpaired) electrons. The fourth-order valence-corrected chi connectivity index (χ4v) is 3.82. The third-order valence-corrected chi connectivity index (χ3v) is 4.99. The molecule has 134 valence electrons. The van der Waals surface area contributed by atoms with E-state index in [4.69, 9.17) is 4.74 Å². The molecule has 1 atom stereocenters. The van der Waals surface area contributed by atoms with Crippen LogP contribution in [0.1, 0.15) is 23.6 Å². The van der Waals surface area contributed by atoms with Crippen LogP contribution in [0, 0.1) is 6.92 Å². The highest BCUT2D eigenvalue weighted by Gasteiger charge is 2.25. The lowest BCUT2D eigenvalue weighted by Gasteiger charge is -2.31. The van der Waals surface area contributed by atoms with Crippen molar-refractivity contribution < 1.29 is 4.74 Å². The van der Waals surface area contributed by atoms with Crippen LogP contribution in [0.2, 0.25) is 0 Å². The topological polar surface area (TPSA) is 46.4 Å². The highest BCUT2D eigenvalue weighted by molar-refractivity contribution is 5.14. The average Bonchev–Trinajstić information content (AvgIpc) is 2.84. The lowest BCUT2D eigenvalue weighted by Crippen LogP contribution is -2.43. The van der Waals surface area contributed by atoms with Crippen LogP contribution in [0.15, 0.2) is 30.3 Å². The minimum Gasteiger partial charge on any atom is -0.376 e. The summed E-state index contributed by atoms with van der Waals surface area (Å²) in [7, 11) is 0. The molecule has 2 aromatic rings. The van der Waals surface area contributed by atoms with Gasteiger partial charge in [-0.25, -0.2) is 9.67 Å². The van der Waals surface area contributed by atoms with Crippen molar-refractivity contribution in [1.29, 1.82) is 0 Å². The minimum absolute atomic E-state index is 0.266. The van der Waals surface area contributed by atoms with Crippen LogP contribution < -0.4 is 0 Å². The second kappa shape index (κ2) is 7.64. The van der Waals surface area contributed by atoms with Gasteiger partial charge in [0.15, 0.2) is 0 Å². The number of aryl methyl sites for hydroxylation is 1. The summed E-state index contributed by atoms with van der Waals surface area (Å²) in [6.45, 7) is 9.73. The molecule has 2 aliphatic rings. The van der Waals surface area contributed by atoms with Crippen LogP contribution in [-0.4, -0.2) is 63.5 Å². The fourth-order valence-electron chi connectivity index (χ4n) is 3.82. The molecule has 2 aliphatic heterocycles. The molecule has 25 heavy (non-hydrogen) atoms. The third kappa shape index (κ3) is 4.26. The minimum atomic E-state index is 0.266. The molecule has 0 aliphatic carbocycles. The molecule has 4 rings (SSSR count). The van der Waals surface area contributed by atoms with Gasteiger partial charge in [-0.1, -0.05) is 30.3 Å². The average molecular weight is 341 g/mol. The first-order valence-electron chi connectivity index (χ1n) is 9.27. The Morgan fingerprint density at radius 1 is 1.12 bits per heavy atom. The first-order chi connectivity index (χ1) is 12.3. The van der Waals surface area contributed by atoms with E-state index in [0.717, 1.165) is 70.5 Å². The van der Waals surface area contributed by atoms with E-state index < -0.39 is 0 Å². The van der Waals surface area contributed by atoms with E-state index in [1.54, 1.807) is 0 Å². The number of hydrogen-bond donors (Lipinski definition) is 0. The van der Waals surface area contributed by atoms with Crippen LogP contribution in [0.3, 0.4) is 0 Å². The molecular weight excluding hydrogens is 314 g/mol. The molecule has 0 amide bonds. The zero-order chi connectivity index (χ0) is 17.1. The number of hydrogen-bond acceptors (Lipinski definition) is 5. The van der Waals surface area contributed by atoms with Crippen LogP contribution in [0.4, 0.5) is 0 Å². The number of fused-ring (bicyclic) bond motifs is 1. The first kappa shape index (κ1) is 16.7. The number of ether oxygens (including phenoxy) is 1. The number of nitrogens with zero attached hydrogens (tertiary/aromatic N) is 5. The van der Waals surface area contributed by atoms with Gasteiger partial charge in [-0.2, -0.15) is 5.10 Å². The van der Waals surface area contributed by atoms with Crippen molar-refractivity contribution in [3.8, 4) is 0 Å². The van der Waals surface area contributed by atoms with Crippen molar-refractivity contribution in [1.82, 2.24) is 24.6 Å². The predicted octanol–water partition coefficient (Wildman–Crippen LogP) is 1.69. The summed E-state index contributed by atoms with van der Waals surface area (Å²) in [5.41, 5.74) is 1.38. The Morgan fingerprint density at radius 3 is 2.88 bits per heavy atom. The van der Waals surface area contributed by atoms with Crippen molar-refractivity contribution in [2.75, 3.05) is 32.8 Å². The second-order valence-electron chi connectivity index (χ2n) is 7.10. The van der Waals surface area contributed by atoms with Crippen molar-refractivity contribution in [2.24, 2.45) is 0 Å². The van der Waals surface area contributed by atoms with E-state index in [-0.39, 0.29) is 6.10 Å². The molecule has 1 aromatic carbocycles. The molecule has 0 N–H and O–H groups in total. The summed E-state index contributed by atoms with van der Waals surface area (Å²) in [6, 6.07) is 10.7. The molecular formula is C19H27N5O. The van der Waals surface area contributed by atoms with E-state index in [1.807, 2.05) is 11.6 Å². The van der Waals surface area contributed by atoms with Gasteiger partial charge < -0.3 is 4.74 Å². The Bertz CT molecular complexity index is 686. The zero-order valence-electron chi connectivity index (χ0n) is 15.0. The highest BCUT2D eigenvalue weighted by atomic mass is 16.5. The van der Waals surface area contributed by atoms with Crippen molar-refractivity contribution in [3.05, 3.63) is 47.5 Å². The summed E-state index contributed by atoms with van der Waals surface area (Å²) in [4.78, 5) is 9.53. The third-order valence-electron chi connectivity index (χ3n) is 4.99. The van der Waals surface area contributed by atoms with Crippen molar-refractivity contribution >= 4 is 0 Å². The van der Waals surface area contributed by atoms with Gasteiger partial charge in [-0.3, -0.25) is 9.80 Å². The van der Waals surface area contributed by atoms with Crippen LogP contribution in [-0.2, 0) is 24.4 Å². The maximum absolute atomic E-state index is 6.14. The van der Waals surface area contributed by atoms with Gasteiger partial charge >= 0.3 is 0 Å². The van der Waals surface area contributed by atoms with Gasteiger partial charge in [0.1, 0.15) is 11.6 Å². The number of aromatic nitrogens is 3. The van der Waals surface area contributed by atoms with Gasteiger partial charge in [-0.15, -0.1) is 0 Å². The SMILES string of the molecule is Cc1nc2n(n1)CCN(CC1CN(Cc3ccccc3)CCCO1)C2. The molecule has 0 spiro atoms. The monoisotopic (exact) mass is 341 g/mol. The summed E-state index contributed by atoms with van der Waals surface area (Å²) >= 11 is 0. The van der Waals surface area contributed by atoms with Gasteiger partial charge in [0.25, 0.3) is 0 Å². The Labute approximate surface area is 149 Å². The first-order valence-corrected chi connectivity index (χ1v) is 9.27. The Hall–Kier alpha value is -1.76. The Kier molecular flexibility index (Phi) is 5.10. The largest absolute Gasteiger partial charge is 0.376 e. The molecule has 1 aromatic heterocycles. The molecule has 3 heterocycles. The molecule has 1 unspecified atom stereocenters. The number of benzene rings is 1. The highest BCUT2D eigenvalue weighted by Crippen LogP contribution is 2.15. The van der Waals surface area contributed by atoms with E-state index in [2.05, 4.69) is 50.2 Å². The van der Waals surface area contributed by atoms with Gasteiger partial charge in [0.2, 0.25) is 0 Å². The van der Waals surface area contributed by atoms with Crippen LogP contribution in [0.5, 0.6) is 0 Å². The van der Waals surface area contributed by atoms with Gasteiger partial charge in [0.05, 0.1) is 19.2 Å². The van der Waals surface area contributed by atoms with Crippen LogP contribution in [0.25, 0.3) is 0 Å². The quantitative estimate of drug-likeness (QED) is 0.847. The molecule has 1 saturated heterocycles. The fraction of sp³-hybridized carbons (Fsp3) is 0.579. The van der Waals surface area contributed by atoms with Gasteiger partial charge in [0, 0.05) is 39.3 Å². The zero-order valence-corrected chi connectivity index (χ0v) is 15.0. The summed E-state index contributed by atoms with van der Waals surface area (Å²) in [5.74, 6) is 1.95. The lowest BCUT2D eigenvalue weighted by molar-refractivity contribution is 0.0187. The normalized spacial score (nSPS) is 22.5. The second-order valence-corrected chi connectivity index (χ2v) is 7.10. The summed E-state index contributed by atoms with van der Waals surface area (Å²) in [5, 5.41) is 4.45. The maximum atomic E-state index is 6.14. The molecule has 6 nitrogen and oxygen atoms in total. The van der Waals surface area contributed by atoms with Crippen molar-refractivity contribution in [2.45, 2.75) is 39.1 Å². The molecule has 0 saturated carbocycles. The van der Waals surface area contributed by atoms with Crippen LogP contribution >= 0.6 is 0 Å². The molecule has 1 fully saturated rings.